The van der Waals surface area contributed by atoms with Crippen molar-refractivity contribution in [3.63, 3.8) is 0 Å². The van der Waals surface area contributed by atoms with E-state index in [-0.39, 0.29) is 17.4 Å². The molecule has 0 radical (unpaired) electrons. The van der Waals surface area contributed by atoms with Gasteiger partial charge in [-0.2, -0.15) is 0 Å². The van der Waals surface area contributed by atoms with Gasteiger partial charge in [0.05, 0.1) is 11.2 Å². The van der Waals surface area contributed by atoms with E-state index in [2.05, 4.69) is 0 Å². The first-order chi connectivity index (χ1) is 10.1. The lowest BCUT2D eigenvalue weighted by Crippen LogP contribution is -2.72. The van der Waals surface area contributed by atoms with Gasteiger partial charge in [-0.05, 0) is 38.5 Å². The first-order valence-electron chi connectivity index (χ1n) is 9.24. The highest BCUT2D eigenvalue weighted by Crippen LogP contribution is 2.61. The Hall–Kier alpha value is -0.120. The molecule has 0 aromatic heterocycles. The van der Waals surface area contributed by atoms with Gasteiger partial charge in [-0.15, -0.1) is 0 Å². The molecule has 4 rings (SSSR count). The Morgan fingerprint density at radius 1 is 0.667 bits per heavy atom. The molecule has 3 nitrogen and oxygen atoms in total. The second-order valence-corrected chi connectivity index (χ2v) is 8.16. The van der Waals surface area contributed by atoms with Crippen LogP contribution >= 0.6 is 0 Å². The Balaban J connectivity index is 1.76. The summed E-state index contributed by atoms with van der Waals surface area (Å²) in [5, 5.41) is 22.9. The Labute approximate surface area is 128 Å². The molecule has 4 fully saturated rings. The summed E-state index contributed by atoms with van der Waals surface area (Å²) in [7, 11) is 0. The molecule has 1 heterocycles. The van der Waals surface area contributed by atoms with Gasteiger partial charge in [0, 0.05) is 18.3 Å². The molecule has 1 aliphatic heterocycles. The first kappa shape index (κ1) is 14.5. The Morgan fingerprint density at radius 3 is 2.05 bits per heavy atom. The molecule has 4 aliphatic rings. The molecule has 0 amide bonds. The summed E-state index contributed by atoms with van der Waals surface area (Å²) in [4.78, 5) is 0. The fourth-order valence-corrected chi connectivity index (χ4v) is 6.23. The van der Waals surface area contributed by atoms with Crippen molar-refractivity contribution in [2.24, 2.45) is 11.8 Å². The van der Waals surface area contributed by atoms with Gasteiger partial charge in [0.15, 0.2) is 5.79 Å². The van der Waals surface area contributed by atoms with E-state index in [4.69, 9.17) is 4.74 Å². The summed E-state index contributed by atoms with van der Waals surface area (Å²) in [5.41, 5.74) is -0.918. The van der Waals surface area contributed by atoms with Crippen molar-refractivity contribution in [2.45, 2.75) is 100 Å². The van der Waals surface area contributed by atoms with Crippen LogP contribution in [0.3, 0.4) is 0 Å². The molecule has 0 bridgehead atoms. The number of fused-ring (bicyclic) bond motifs is 4. The molecule has 3 aliphatic carbocycles. The quantitative estimate of drug-likeness (QED) is 0.718. The smallest absolute Gasteiger partial charge is 0.171 e. The van der Waals surface area contributed by atoms with Crippen molar-refractivity contribution in [1.82, 2.24) is 0 Å². The van der Waals surface area contributed by atoms with Crippen molar-refractivity contribution in [3.05, 3.63) is 0 Å². The predicted molar refractivity (Wildman–Crippen MR) is 80.7 cm³/mol. The molecule has 0 aromatic carbocycles. The van der Waals surface area contributed by atoms with Crippen molar-refractivity contribution in [2.75, 3.05) is 0 Å². The number of hydrogen-bond donors (Lipinski definition) is 2. The number of rotatable bonds is 0. The number of hydrogen-bond acceptors (Lipinski definition) is 3. The molecule has 2 N–H and O–H groups in total. The lowest BCUT2D eigenvalue weighted by Gasteiger charge is -2.65. The predicted octanol–water partition coefficient (Wildman–Crippen LogP) is 3.52. The van der Waals surface area contributed by atoms with Crippen LogP contribution in [-0.2, 0) is 4.74 Å². The van der Waals surface area contributed by atoms with Gasteiger partial charge in [-0.1, -0.05) is 38.5 Å². The molecule has 3 saturated carbocycles. The standard InChI is InChI=1S/C18H30O3/c19-17-12-6-2-8-14(17)16(10-4-1-5-11-16)21-18(20)13-7-3-9-15(17)18/h14-15,19-20H,1-13H2/t14-,15-,17-,18-/m1/s1. The molecule has 120 valence electrons. The van der Waals surface area contributed by atoms with Crippen LogP contribution in [-0.4, -0.2) is 27.2 Å². The van der Waals surface area contributed by atoms with E-state index in [0.29, 0.717) is 6.42 Å². The molecule has 4 atom stereocenters. The zero-order valence-corrected chi connectivity index (χ0v) is 13.1. The lowest BCUT2D eigenvalue weighted by atomic mass is 9.53. The number of ether oxygens (including phenoxy) is 1. The van der Waals surface area contributed by atoms with Gasteiger partial charge in [0.1, 0.15) is 0 Å². The van der Waals surface area contributed by atoms with Crippen LogP contribution in [0, 0.1) is 11.8 Å². The maximum Gasteiger partial charge on any atom is 0.171 e. The maximum absolute atomic E-state index is 11.6. The van der Waals surface area contributed by atoms with Crippen LogP contribution in [0.2, 0.25) is 0 Å². The summed E-state index contributed by atoms with van der Waals surface area (Å²) in [6.07, 6.45) is 13.8. The zero-order chi connectivity index (χ0) is 14.6. The fourth-order valence-electron chi connectivity index (χ4n) is 6.23. The second kappa shape index (κ2) is 4.94. The van der Waals surface area contributed by atoms with Crippen LogP contribution in [0.4, 0.5) is 0 Å². The summed E-state index contributed by atoms with van der Waals surface area (Å²) in [6, 6.07) is 0. The maximum atomic E-state index is 11.6. The largest absolute Gasteiger partial charge is 0.389 e. The van der Waals surface area contributed by atoms with E-state index in [1.165, 1.54) is 25.7 Å². The minimum absolute atomic E-state index is 0.0587. The van der Waals surface area contributed by atoms with Gasteiger partial charge in [-0.3, -0.25) is 0 Å². The van der Waals surface area contributed by atoms with E-state index >= 15 is 0 Å². The van der Waals surface area contributed by atoms with Crippen LogP contribution in [0.1, 0.15) is 83.5 Å². The van der Waals surface area contributed by atoms with E-state index in [0.717, 1.165) is 51.4 Å². The van der Waals surface area contributed by atoms with Crippen LogP contribution < -0.4 is 0 Å². The molecule has 0 aromatic rings. The topological polar surface area (TPSA) is 49.7 Å². The van der Waals surface area contributed by atoms with Crippen LogP contribution in [0.5, 0.6) is 0 Å². The summed E-state index contributed by atoms with van der Waals surface area (Å²) in [6.45, 7) is 0. The van der Waals surface area contributed by atoms with Gasteiger partial charge in [0.2, 0.25) is 0 Å². The molecular formula is C18H30O3. The highest BCUT2D eigenvalue weighted by Gasteiger charge is 2.66. The molecule has 3 heteroatoms. The number of aliphatic hydroxyl groups is 2. The third-order valence-corrected chi connectivity index (χ3v) is 7.06. The molecule has 21 heavy (non-hydrogen) atoms. The van der Waals surface area contributed by atoms with Crippen LogP contribution in [0.25, 0.3) is 0 Å². The van der Waals surface area contributed by atoms with Crippen molar-refractivity contribution in [1.29, 1.82) is 0 Å². The van der Waals surface area contributed by atoms with E-state index < -0.39 is 11.4 Å². The summed E-state index contributed by atoms with van der Waals surface area (Å²) < 4.78 is 6.54. The Bertz CT molecular complexity index is 396. The SMILES string of the molecule is O[C@]12CCCC[C@@H]1C1(CCCCC1)O[C@]1(O)CCCC[C@H]21. The first-order valence-corrected chi connectivity index (χ1v) is 9.24. The van der Waals surface area contributed by atoms with Gasteiger partial charge in [0.25, 0.3) is 0 Å². The third-order valence-electron chi connectivity index (χ3n) is 7.06. The minimum Gasteiger partial charge on any atom is -0.389 e. The summed E-state index contributed by atoms with van der Waals surface area (Å²) >= 11 is 0. The Kier molecular flexibility index (Phi) is 3.40. The third kappa shape index (κ3) is 2.04. The average Bonchev–Trinajstić information content (AvgIpc) is 2.47. The average molecular weight is 294 g/mol. The van der Waals surface area contributed by atoms with Gasteiger partial charge >= 0.3 is 0 Å². The zero-order valence-electron chi connectivity index (χ0n) is 13.1. The van der Waals surface area contributed by atoms with E-state index in [1.807, 2.05) is 0 Å². The fraction of sp³-hybridized carbons (Fsp3) is 1.00. The van der Waals surface area contributed by atoms with E-state index in [9.17, 15) is 10.2 Å². The van der Waals surface area contributed by atoms with Crippen molar-refractivity contribution in [3.8, 4) is 0 Å². The molecule has 0 unspecified atom stereocenters. The second-order valence-electron chi connectivity index (χ2n) is 8.16. The van der Waals surface area contributed by atoms with E-state index in [1.54, 1.807) is 0 Å². The molecular weight excluding hydrogens is 264 g/mol. The highest BCUT2D eigenvalue weighted by molar-refractivity contribution is 5.13. The normalized spacial score (nSPS) is 49.4. The van der Waals surface area contributed by atoms with Gasteiger partial charge in [-0.25, -0.2) is 0 Å². The van der Waals surface area contributed by atoms with Crippen molar-refractivity contribution < 1.29 is 14.9 Å². The summed E-state index contributed by atoms with van der Waals surface area (Å²) in [5.74, 6) is -0.864. The lowest BCUT2D eigenvalue weighted by molar-refractivity contribution is -0.399. The molecule has 1 spiro atoms. The highest BCUT2D eigenvalue weighted by atomic mass is 16.6. The minimum atomic E-state index is -1.06. The molecule has 1 saturated heterocycles. The van der Waals surface area contributed by atoms with Crippen LogP contribution in [0.15, 0.2) is 0 Å². The Morgan fingerprint density at radius 2 is 1.29 bits per heavy atom. The van der Waals surface area contributed by atoms with Gasteiger partial charge < -0.3 is 14.9 Å². The van der Waals surface area contributed by atoms with Crippen molar-refractivity contribution >= 4 is 0 Å². The monoisotopic (exact) mass is 294 g/mol.